The monoisotopic (exact) mass is 477 g/mol. The van der Waals surface area contributed by atoms with Gasteiger partial charge in [-0.3, -0.25) is 9.52 Å². The van der Waals surface area contributed by atoms with Gasteiger partial charge in [0.05, 0.1) is 38.1 Å². The zero-order valence-corrected chi connectivity index (χ0v) is 20.0. The summed E-state index contributed by atoms with van der Waals surface area (Å²) in [5.74, 6) is -0.113. The van der Waals surface area contributed by atoms with Crippen LogP contribution in [-0.4, -0.2) is 88.5 Å². The Bertz CT molecular complexity index is 1010. The summed E-state index contributed by atoms with van der Waals surface area (Å²) in [4.78, 5) is 14.6. The summed E-state index contributed by atoms with van der Waals surface area (Å²) >= 11 is 0. The standard InChI is InChI=1S/C19H31N3O7S2/c1-13-10-22(14(2)12-23)19(24)9-15-8-16(20-30(4,25)26)6-7-17(15)29-18(13)11-21(3)31(5,27)28/h6-8,13-14,18,20,23H,9-12H2,1-5H3/t13-,14+,18+/m0/s1. The molecular formula is C19H31N3O7S2. The van der Waals surface area contributed by atoms with Gasteiger partial charge in [0, 0.05) is 30.8 Å². The van der Waals surface area contributed by atoms with E-state index in [9.17, 15) is 26.7 Å². The number of ether oxygens (including phenoxy) is 1. The highest BCUT2D eigenvalue weighted by molar-refractivity contribution is 7.92. The zero-order valence-electron chi connectivity index (χ0n) is 18.4. The highest BCUT2D eigenvalue weighted by atomic mass is 32.2. The van der Waals surface area contributed by atoms with Gasteiger partial charge in [0.1, 0.15) is 11.9 Å². The number of hydrogen-bond acceptors (Lipinski definition) is 7. The number of carbonyl (C=O) groups is 1. The van der Waals surface area contributed by atoms with Gasteiger partial charge in [0.25, 0.3) is 0 Å². The summed E-state index contributed by atoms with van der Waals surface area (Å²) in [6, 6.07) is 4.19. The summed E-state index contributed by atoms with van der Waals surface area (Å²) in [6.07, 6.45) is 1.50. The molecule has 0 radical (unpaired) electrons. The molecule has 0 saturated heterocycles. The first kappa shape index (κ1) is 25.4. The van der Waals surface area contributed by atoms with Crippen LogP contribution in [0.15, 0.2) is 18.2 Å². The van der Waals surface area contributed by atoms with Gasteiger partial charge in [-0.1, -0.05) is 6.92 Å². The predicted octanol–water partition coefficient (Wildman–Crippen LogP) is 0.0985. The Balaban J connectivity index is 2.50. The molecule has 0 aliphatic carbocycles. The van der Waals surface area contributed by atoms with Gasteiger partial charge in [-0.25, -0.2) is 21.1 Å². The predicted molar refractivity (Wildman–Crippen MR) is 118 cm³/mol. The number of carbonyl (C=O) groups excluding carboxylic acids is 1. The van der Waals surface area contributed by atoms with Crippen molar-refractivity contribution in [2.45, 2.75) is 32.4 Å². The molecule has 1 aliphatic heterocycles. The van der Waals surface area contributed by atoms with E-state index in [4.69, 9.17) is 4.74 Å². The van der Waals surface area contributed by atoms with Crippen molar-refractivity contribution >= 4 is 31.6 Å². The minimum atomic E-state index is -3.51. The number of likely N-dealkylation sites (N-methyl/N-ethyl adjacent to an activating group) is 1. The number of nitrogens with one attached hydrogen (secondary N) is 1. The smallest absolute Gasteiger partial charge is 0.229 e. The summed E-state index contributed by atoms with van der Waals surface area (Å²) in [5, 5.41) is 9.62. The van der Waals surface area contributed by atoms with E-state index in [1.807, 2.05) is 6.92 Å². The number of aliphatic hydroxyl groups excluding tert-OH is 1. The van der Waals surface area contributed by atoms with E-state index < -0.39 is 32.2 Å². The molecule has 1 aliphatic rings. The quantitative estimate of drug-likeness (QED) is 0.569. The molecule has 0 saturated carbocycles. The number of fused-ring (bicyclic) bond motifs is 1. The number of sulfonamides is 2. The van der Waals surface area contributed by atoms with E-state index >= 15 is 0 Å². The topological polar surface area (TPSA) is 133 Å². The van der Waals surface area contributed by atoms with Crippen molar-refractivity contribution in [1.82, 2.24) is 9.21 Å². The van der Waals surface area contributed by atoms with Crippen LogP contribution < -0.4 is 9.46 Å². The Morgan fingerprint density at radius 2 is 1.94 bits per heavy atom. The van der Waals surface area contributed by atoms with E-state index in [-0.39, 0.29) is 43.6 Å². The second-order valence-corrected chi connectivity index (χ2v) is 12.0. The van der Waals surface area contributed by atoms with Crippen LogP contribution in [0.5, 0.6) is 5.75 Å². The molecule has 12 heteroatoms. The average molecular weight is 478 g/mol. The first-order valence-electron chi connectivity index (χ1n) is 9.80. The highest BCUT2D eigenvalue weighted by Gasteiger charge is 2.32. The van der Waals surface area contributed by atoms with E-state index in [1.54, 1.807) is 17.9 Å². The summed E-state index contributed by atoms with van der Waals surface area (Å²) in [5.41, 5.74) is 0.756. The van der Waals surface area contributed by atoms with Gasteiger partial charge < -0.3 is 14.7 Å². The lowest BCUT2D eigenvalue weighted by Gasteiger charge is -2.33. The number of anilines is 1. The molecule has 3 atom stereocenters. The first-order chi connectivity index (χ1) is 14.2. The summed E-state index contributed by atoms with van der Waals surface area (Å²) in [7, 11) is -5.51. The lowest BCUT2D eigenvalue weighted by molar-refractivity contribution is -0.134. The fourth-order valence-corrected chi connectivity index (χ4v) is 4.29. The molecule has 10 nitrogen and oxygen atoms in total. The number of amides is 1. The van der Waals surface area contributed by atoms with Crippen LogP contribution in [0.4, 0.5) is 5.69 Å². The molecule has 0 bridgehead atoms. The van der Waals surface area contributed by atoms with Crippen LogP contribution in [0.1, 0.15) is 19.4 Å². The fraction of sp³-hybridized carbons (Fsp3) is 0.632. The molecule has 0 spiro atoms. The maximum Gasteiger partial charge on any atom is 0.229 e. The average Bonchev–Trinajstić information content (AvgIpc) is 2.68. The molecule has 2 N–H and O–H groups in total. The normalized spacial score (nSPS) is 21.5. The molecule has 0 fully saturated rings. The summed E-state index contributed by atoms with van der Waals surface area (Å²) < 4.78 is 56.8. The van der Waals surface area contributed by atoms with Crippen LogP contribution in [0, 0.1) is 5.92 Å². The number of benzene rings is 1. The minimum Gasteiger partial charge on any atom is -0.488 e. The number of nitrogens with zero attached hydrogens (tertiary/aromatic N) is 2. The van der Waals surface area contributed by atoms with Crippen LogP contribution in [-0.2, 0) is 31.3 Å². The van der Waals surface area contributed by atoms with Crippen LogP contribution in [0.25, 0.3) is 0 Å². The van der Waals surface area contributed by atoms with Gasteiger partial charge in [0.15, 0.2) is 0 Å². The zero-order chi connectivity index (χ0) is 23.6. The van der Waals surface area contributed by atoms with Gasteiger partial charge in [-0.15, -0.1) is 0 Å². The van der Waals surface area contributed by atoms with Crippen molar-refractivity contribution in [2.75, 3.05) is 44.0 Å². The molecule has 1 amide bonds. The first-order valence-corrected chi connectivity index (χ1v) is 13.5. The van der Waals surface area contributed by atoms with Crippen molar-refractivity contribution in [3.05, 3.63) is 23.8 Å². The lowest BCUT2D eigenvalue weighted by Crippen LogP contribution is -2.48. The molecule has 31 heavy (non-hydrogen) atoms. The van der Waals surface area contributed by atoms with Crippen LogP contribution >= 0.6 is 0 Å². The summed E-state index contributed by atoms with van der Waals surface area (Å²) in [6.45, 7) is 3.69. The Kier molecular flexibility index (Phi) is 7.95. The third kappa shape index (κ3) is 7.06. The van der Waals surface area contributed by atoms with E-state index in [2.05, 4.69) is 4.72 Å². The van der Waals surface area contributed by atoms with E-state index in [1.165, 1.54) is 23.5 Å². The van der Waals surface area contributed by atoms with E-state index in [0.717, 1.165) is 12.5 Å². The van der Waals surface area contributed by atoms with Crippen molar-refractivity contribution in [3.8, 4) is 5.75 Å². The Morgan fingerprint density at radius 3 is 2.48 bits per heavy atom. The molecule has 1 heterocycles. The minimum absolute atomic E-state index is 0.0552. The maximum absolute atomic E-state index is 13.0. The Hall–Kier alpha value is -1.89. The SMILES string of the molecule is C[C@H](CO)N1C[C@H](C)[C@@H](CN(C)S(C)(=O)=O)Oc2ccc(NS(C)(=O)=O)cc2CC1=O. The maximum atomic E-state index is 13.0. The molecule has 2 rings (SSSR count). The fourth-order valence-electron chi connectivity index (χ4n) is 3.31. The Labute approximate surface area is 184 Å². The second-order valence-electron chi connectivity index (χ2n) is 8.13. The molecule has 0 unspecified atom stereocenters. The van der Waals surface area contributed by atoms with Crippen LogP contribution in [0.2, 0.25) is 0 Å². The highest BCUT2D eigenvalue weighted by Crippen LogP contribution is 2.29. The van der Waals surface area contributed by atoms with Crippen LogP contribution in [0.3, 0.4) is 0 Å². The second kappa shape index (κ2) is 9.72. The molecule has 1 aromatic rings. The molecular weight excluding hydrogens is 446 g/mol. The van der Waals surface area contributed by atoms with Crippen molar-refractivity contribution < 1.29 is 31.5 Å². The third-order valence-electron chi connectivity index (χ3n) is 5.22. The van der Waals surface area contributed by atoms with Gasteiger partial charge in [-0.05, 0) is 25.1 Å². The molecule has 1 aromatic carbocycles. The van der Waals surface area contributed by atoms with Gasteiger partial charge >= 0.3 is 0 Å². The Morgan fingerprint density at radius 1 is 1.29 bits per heavy atom. The van der Waals surface area contributed by atoms with Gasteiger partial charge in [-0.2, -0.15) is 0 Å². The van der Waals surface area contributed by atoms with Crippen molar-refractivity contribution in [2.24, 2.45) is 5.92 Å². The molecule has 176 valence electrons. The molecule has 0 aromatic heterocycles. The number of rotatable bonds is 7. The number of hydrogen-bond donors (Lipinski definition) is 2. The largest absolute Gasteiger partial charge is 0.488 e. The van der Waals surface area contributed by atoms with Crippen molar-refractivity contribution in [3.63, 3.8) is 0 Å². The van der Waals surface area contributed by atoms with Crippen molar-refractivity contribution in [1.29, 1.82) is 0 Å². The van der Waals surface area contributed by atoms with E-state index in [0.29, 0.717) is 11.3 Å². The lowest BCUT2D eigenvalue weighted by atomic mass is 10.0. The number of aliphatic hydroxyl groups is 1. The van der Waals surface area contributed by atoms with Gasteiger partial charge in [0.2, 0.25) is 26.0 Å². The third-order valence-corrected chi connectivity index (χ3v) is 7.11.